The van der Waals surface area contributed by atoms with E-state index in [0.29, 0.717) is 11.2 Å². The molecule has 0 saturated carbocycles. The number of pyridine rings is 1. The number of hydrogen-bond acceptors (Lipinski definition) is 2. The molecule has 0 unspecified atom stereocenters. The normalized spacial score (nSPS) is 10.7. The quantitative estimate of drug-likeness (QED) is 0.773. The van der Waals surface area contributed by atoms with Gasteiger partial charge < -0.3 is 14.6 Å². The number of aromatic carboxylic acids is 2. The van der Waals surface area contributed by atoms with Crippen molar-refractivity contribution in [1.29, 1.82) is 0 Å². The summed E-state index contributed by atoms with van der Waals surface area (Å²) in [6, 6.07) is 13.7. The Morgan fingerprint density at radius 3 is 2.24 bits per heavy atom. The molecular weight excluding hydrogens is 270 g/mol. The van der Waals surface area contributed by atoms with Gasteiger partial charge in [0.05, 0.1) is 22.3 Å². The molecule has 0 bridgehead atoms. The van der Waals surface area contributed by atoms with E-state index in [0.717, 1.165) is 5.56 Å². The molecule has 0 spiro atoms. The summed E-state index contributed by atoms with van der Waals surface area (Å²) in [6.45, 7) is 0. The van der Waals surface area contributed by atoms with Crippen LogP contribution in [0.15, 0.2) is 54.7 Å². The maximum atomic E-state index is 11.3. The molecule has 2 N–H and O–H groups in total. The van der Waals surface area contributed by atoms with Crippen LogP contribution in [0, 0.1) is 0 Å². The number of benzene rings is 1. The van der Waals surface area contributed by atoms with Crippen LogP contribution in [-0.4, -0.2) is 26.6 Å². The Labute approximate surface area is 119 Å². The van der Waals surface area contributed by atoms with Crippen molar-refractivity contribution in [2.75, 3.05) is 0 Å². The number of aromatic nitrogens is 1. The van der Waals surface area contributed by atoms with Crippen molar-refractivity contribution in [3.05, 3.63) is 65.9 Å². The van der Waals surface area contributed by atoms with E-state index in [1.54, 1.807) is 10.5 Å². The molecule has 0 aliphatic carbocycles. The number of fused-ring (bicyclic) bond motifs is 1. The van der Waals surface area contributed by atoms with Gasteiger partial charge in [0, 0.05) is 6.20 Å². The maximum Gasteiger partial charge on any atom is 0.337 e. The molecule has 0 saturated heterocycles. The van der Waals surface area contributed by atoms with Gasteiger partial charge in [0.15, 0.2) is 0 Å². The highest BCUT2D eigenvalue weighted by molar-refractivity contribution is 5.99. The number of rotatable bonds is 3. The van der Waals surface area contributed by atoms with Gasteiger partial charge >= 0.3 is 11.9 Å². The molecule has 0 radical (unpaired) electrons. The van der Waals surface area contributed by atoms with Crippen LogP contribution in [0.5, 0.6) is 0 Å². The van der Waals surface area contributed by atoms with Crippen LogP contribution in [-0.2, 0) is 0 Å². The van der Waals surface area contributed by atoms with Crippen LogP contribution in [0.25, 0.3) is 16.8 Å². The fourth-order valence-electron chi connectivity index (χ4n) is 2.33. The van der Waals surface area contributed by atoms with Gasteiger partial charge in [0.25, 0.3) is 0 Å². The lowest BCUT2D eigenvalue weighted by Gasteiger charge is -2.04. The molecule has 5 heteroatoms. The number of carboxylic acid groups (broad SMARTS) is 2. The van der Waals surface area contributed by atoms with Gasteiger partial charge in [-0.15, -0.1) is 0 Å². The van der Waals surface area contributed by atoms with Gasteiger partial charge in [-0.2, -0.15) is 0 Å². The first-order valence-corrected chi connectivity index (χ1v) is 6.25. The second kappa shape index (κ2) is 4.79. The summed E-state index contributed by atoms with van der Waals surface area (Å²) in [5, 5.41) is 18.4. The van der Waals surface area contributed by atoms with E-state index >= 15 is 0 Å². The van der Waals surface area contributed by atoms with Gasteiger partial charge in [-0.05, 0) is 23.8 Å². The lowest BCUT2D eigenvalue weighted by Crippen LogP contribution is -2.00. The fourth-order valence-corrected chi connectivity index (χ4v) is 2.33. The van der Waals surface area contributed by atoms with Crippen molar-refractivity contribution >= 4 is 17.5 Å². The highest BCUT2D eigenvalue weighted by atomic mass is 16.4. The molecule has 1 aromatic carbocycles. The zero-order valence-electron chi connectivity index (χ0n) is 10.9. The van der Waals surface area contributed by atoms with Gasteiger partial charge in [0.2, 0.25) is 0 Å². The van der Waals surface area contributed by atoms with Crippen molar-refractivity contribution in [1.82, 2.24) is 4.40 Å². The van der Waals surface area contributed by atoms with Crippen LogP contribution >= 0.6 is 0 Å². The third kappa shape index (κ3) is 2.14. The molecule has 3 aromatic rings. The molecule has 5 nitrogen and oxygen atoms in total. The monoisotopic (exact) mass is 281 g/mol. The average Bonchev–Trinajstić information content (AvgIpc) is 2.87. The predicted octanol–water partition coefficient (Wildman–Crippen LogP) is 3.00. The number of nitrogens with zero attached hydrogens (tertiary/aromatic N) is 1. The van der Waals surface area contributed by atoms with Crippen molar-refractivity contribution in [2.45, 2.75) is 0 Å². The van der Waals surface area contributed by atoms with Gasteiger partial charge in [-0.3, -0.25) is 0 Å². The minimum Gasteiger partial charge on any atom is -0.478 e. The first-order chi connectivity index (χ1) is 10.1. The third-order valence-electron chi connectivity index (χ3n) is 3.31. The second-order valence-corrected chi connectivity index (χ2v) is 4.59. The fraction of sp³-hybridized carbons (Fsp3) is 0. The van der Waals surface area contributed by atoms with Gasteiger partial charge in [-0.25, -0.2) is 9.59 Å². The summed E-state index contributed by atoms with van der Waals surface area (Å²) in [5.74, 6) is -2.10. The minimum absolute atomic E-state index is 0.104. The lowest BCUT2D eigenvalue weighted by molar-refractivity contribution is 0.0688. The van der Waals surface area contributed by atoms with E-state index < -0.39 is 11.9 Å². The third-order valence-corrected chi connectivity index (χ3v) is 3.31. The van der Waals surface area contributed by atoms with Crippen LogP contribution in [0.3, 0.4) is 0 Å². The SMILES string of the molecule is O=C(O)c1ccc2c(C(=O)O)cc(-c3ccccc3)n2c1. The average molecular weight is 281 g/mol. The summed E-state index contributed by atoms with van der Waals surface area (Å²) in [6.07, 6.45) is 1.44. The molecule has 0 atom stereocenters. The van der Waals surface area contributed by atoms with Crippen LogP contribution in [0.4, 0.5) is 0 Å². The Balaban J connectivity index is 2.35. The van der Waals surface area contributed by atoms with E-state index in [9.17, 15) is 14.7 Å². The Hall–Kier alpha value is -3.08. The second-order valence-electron chi connectivity index (χ2n) is 4.59. The zero-order chi connectivity index (χ0) is 15.0. The summed E-state index contributed by atoms with van der Waals surface area (Å²) < 4.78 is 1.60. The molecule has 3 rings (SSSR count). The summed E-state index contributed by atoms with van der Waals surface area (Å²) in [5.41, 5.74) is 2.18. The molecule has 0 fully saturated rings. The molecule has 2 aromatic heterocycles. The molecule has 0 aliphatic rings. The van der Waals surface area contributed by atoms with E-state index in [1.165, 1.54) is 18.3 Å². The smallest absolute Gasteiger partial charge is 0.337 e. The van der Waals surface area contributed by atoms with Gasteiger partial charge in [0.1, 0.15) is 0 Å². The lowest BCUT2D eigenvalue weighted by atomic mass is 10.1. The Kier molecular flexibility index (Phi) is 2.95. The van der Waals surface area contributed by atoms with Crippen molar-refractivity contribution < 1.29 is 19.8 Å². The summed E-state index contributed by atoms with van der Waals surface area (Å²) in [7, 11) is 0. The summed E-state index contributed by atoms with van der Waals surface area (Å²) >= 11 is 0. The van der Waals surface area contributed by atoms with Crippen molar-refractivity contribution in [3.63, 3.8) is 0 Å². The van der Waals surface area contributed by atoms with Crippen LogP contribution < -0.4 is 0 Å². The first-order valence-electron chi connectivity index (χ1n) is 6.25. The van der Waals surface area contributed by atoms with E-state index in [-0.39, 0.29) is 11.1 Å². The Morgan fingerprint density at radius 1 is 0.905 bits per heavy atom. The zero-order valence-corrected chi connectivity index (χ0v) is 10.9. The maximum absolute atomic E-state index is 11.3. The molecule has 2 heterocycles. The van der Waals surface area contributed by atoms with Crippen LogP contribution in [0.1, 0.15) is 20.7 Å². The van der Waals surface area contributed by atoms with E-state index in [1.807, 2.05) is 30.3 Å². The highest BCUT2D eigenvalue weighted by Crippen LogP contribution is 2.26. The van der Waals surface area contributed by atoms with E-state index in [2.05, 4.69) is 0 Å². The number of carbonyl (C=O) groups is 2. The minimum atomic E-state index is -1.05. The largest absolute Gasteiger partial charge is 0.478 e. The van der Waals surface area contributed by atoms with E-state index in [4.69, 9.17) is 5.11 Å². The molecular formula is C16H11NO4. The molecule has 0 aliphatic heterocycles. The molecule has 104 valence electrons. The highest BCUT2D eigenvalue weighted by Gasteiger charge is 2.16. The van der Waals surface area contributed by atoms with Crippen LogP contribution in [0.2, 0.25) is 0 Å². The molecule has 0 amide bonds. The van der Waals surface area contributed by atoms with Gasteiger partial charge in [-0.1, -0.05) is 30.3 Å². The summed E-state index contributed by atoms with van der Waals surface area (Å²) in [4.78, 5) is 22.5. The Bertz CT molecular complexity index is 849. The standard InChI is InChI=1S/C16H11NO4/c18-15(19)11-6-7-13-12(16(20)21)8-14(17(13)9-11)10-4-2-1-3-5-10/h1-9H,(H,18,19)(H,20,21). The number of carboxylic acids is 2. The van der Waals surface area contributed by atoms with Crippen molar-refractivity contribution in [3.8, 4) is 11.3 Å². The predicted molar refractivity (Wildman–Crippen MR) is 76.8 cm³/mol. The van der Waals surface area contributed by atoms with Crippen molar-refractivity contribution in [2.24, 2.45) is 0 Å². The first kappa shape index (κ1) is 12.9. The number of hydrogen-bond donors (Lipinski definition) is 2. The molecule has 21 heavy (non-hydrogen) atoms. The Morgan fingerprint density at radius 2 is 1.62 bits per heavy atom. The topological polar surface area (TPSA) is 79.0 Å².